The molecule has 1 aromatic heterocycles. The largest absolute Gasteiger partial charge is 0.354 e. The summed E-state index contributed by atoms with van der Waals surface area (Å²) in [5.41, 5.74) is 1.24. The SMILES string of the molecule is Cc1nnc(CN=C(NC2CCN(CC(C)C)CC2)NC(C)c2ccccc2)n1C.I. The Bertz CT molecular complexity index is 811. The van der Waals surface area contributed by atoms with Crippen molar-refractivity contribution in [1.29, 1.82) is 0 Å². The minimum atomic E-state index is 0. The molecule has 2 heterocycles. The summed E-state index contributed by atoms with van der Waals surface area (Å²) >= 11 is 0. The normalized spacial score (nSPS) is 16.8. The number of halogens is 1. The Labute approximate surface area is 204 Å². The Hall–Kier alpha value is -1.68. The number of aromatic nitrogens is 3. The van der Waals surface area contributed by atoms with Gasteiger partial charge in [-0.25, -0.2) is 4.99 Å². The Kier molecular flexibility index (Phi) is 10.2. The van der Waals surface area contributed by atoms with Gasteiger partial charge in [-0.05, 0) is 38.2 Å². The van der Waals surface area contributed by atoms with Crippen LogP contribution in [0.25, 0.3) is 0 Å². The molecular formula is C23H38IN7. The molecular weight excluding hydrogens is 501 g/mol. The number of hydrogen-bond acceptors (Lipinski definition) is 4. The maximum absolute atomic E-state index is 4.85. The van der Waals surface area contributed by atoms with E-state index in [0.29, 0.717) is 12.6 Å². The summed E-state index contributed by atoms with van der Waals surface area (Å²) in [6, 6.07) is 11.1. The minimum absolute atomic E-state index is 0. The van der Waals surface area contributed by atoms with Crippen molar-refractivity contribution < 1.29 is 0 Å². The second-order valence-corrected chi connectivity index (χ2v) is 8.78. The highest BCUT2D eigenvalue weighted by atomic mass is 127. The molecule has 1 aliphatic rings. The fraction of sp³-hybridized carbons (Fsp3) is 0.609. The molecule has 0 aliphatic carbocycles. The predicted molar refractivity (Wildman–Crippen MR) is 138 cm³/mol. The van der Waals surface area contributed by atoms with Gasteiger partial charge in [0.15, 0.2) is 11.8 Å². The van der Waals surface area contributed by atoms with Crippen LogP contribution in [0.2, 0.25) is 0 Å². The molecule has 1 aliphatic heterocycles. The van der Waals surface area contributed by atoms with Gasteiger partial charge in [0.05, 0.1) is 6.04 Å². The van der Waals surface area contributed by atoms with E-state index in [1.807, 2.05) is 24.6 Å². The van der Waals surface area contributed by atoms with Gasteiger partial charge in [-0.1, -0.05) is 44.2 Å². The molecule has 2 aromatic rings. The molecule has 172 valence electrons. The first kappa shape index (κ1) is 25.6. The molecule has 0 radical (unpaired) electrons. The third-order valence-electron chi connectivity index (χ3n) is 5.77. The van der Waals surface area contributed by atoms with E-state index < -0.39 is 0 Å². The van der Waals surface area contributed by atoms with Crippen molar-refractivity contribution >= 4 is 29.9 Å². The number of nitrogens with zero attached hydrogens (tertiary/aromatic N) is 5. The molecule has 1 aromatic carbocycles. The van der Waals surface area contributed by atoms with Gasteiger partial charge in [-0.2, -0.15) is 0 Å². The lowest BCUT2D eigenvalue weighted by Crippen LogP contribution is -2.49. The van der Waals surface area contributed by atoms with Crippen molar-refractivity contribution in [3.05, 3.63) is 47.5 Å². The van der Waals surface area contributed by atoms with E-state index in [9.17, 15) is 0 Å². The number of hydrogen-bond donors (Lipinski definition) is 2. The molecule has 1 atom stereocenters. The zero-order chi connectivity index (χ0) is 21.5. The number of rotatable bonds is 7. The van der Waals surface area contributed by atoms with Crippen molar-refractivity contribution in [3.8, 4) is 0 Å². The summed E-state index contributed by atoms with van der Waals surface area (Å²) in [6.45, 7) is 12.7. The molecule has 0 spiro atoms. The lowest BCUT2D eigenvalue weighted by molar-refractivity contribution is 0.186. The highest BCUT2D eigenvalue weighted by Crippen LogP contribution is 2.14. The molecule has 1 saturated heterocycles. The molecule has 7 nitrogen and oxygen atoms in total. The van der Waals surface area contributed by atoms with Crippen LogP contribution in [0.3, 0.4) is 0 Å². The van der Waals surface area contributed by atoms with Gasteiger partial charge in [0.25, 0.3) is 0 Å². The summed E-state index contributed by atoms with van der Waals surface area (Å²) in [5, 5.41) is 15.7. The second-order valence-electron chi connectivity index (χ2n) is 8.78. The van der Waals surface area contributed by atoms with Crippen molar-refractivity contribution in [2.24, 2.45) is 18.0 Å². The summed E-state index contributed by atoms with van der Waals surface area (Å²) in [5.74, 6) is 3.33. The van der Waals surface area contributed by atoms with Crippen LogP contribution in [-0.2, 0) is 13.6 Å². The van der Waals surface area contributed by atoms with E-state index in [1.165, 1.54) is 12.1 Å². The molecule has 1 fully saturated rings. The van der Waals surface area contributed by atoms with Gasteiger partial charge >= 0.3 is 0 Å². The third-order valence-corrected chi connectivity index (χ3v) is 5.77. The fourth-order valence-electron chi connectivity index (χ4n) is 3.87. The molecule has 3 rings (SSSR count). The van der Waals surface area contributed by atoms with E-state index in [4.69, 9.17) is 4.99 Å². The quantitative estimate of drug-likeness (QED) is 0.320. The first-order chi connectivity index (χ1) is 14.4. The van der Waals surface area contributed by atoms with Crippen LogP contribution >= 0.6 is 24.0 Å². The second kappa shape index (κ2) is 12.4. The van der Waals surface area contributed by atoms with Crippen LogP contribution < -0.4 is 10.6 Å². The molecule has 1 unspecified atom stereocenters. The molecule has 0 bridgehead atoms. The van der Waals surface area contributed by atoms with Gasteiger partial charge in [-0.15, -0.1) is 34.2 Å². The maximum atomic E-state index is 4.85. The zero-order valence-corrected chi connectivity index (χ0v) is 21.8. The van der Waals surface area contributed by atoms with Crippen LogP contribution in [0.15, 0.2) is 35.3 Å². The number of guanidine groups is 1. The van der Waals surface area contributed by atoms with Gasteiger partial charge < -0.3 is 20.1 Å². The zero-order valence-electron chi connectivity index (χ0n) is 19.5. The standard InChI is InChI=1S/C23H37N7.HI/c1-17(2)16-30-13-11-21(12-14-30)26-23(24-15-22-28-27-19(4)29(22)5)25-18(3)20-9-7-6-8-10-20;/h6-10,17-18,21H,11-16H2,1-5H3,(H2,24,25,26);1H. The van der Waals surface area contributed by atoms with Gasteiger partial charge in [0.2, 0.25) is 0 Å². The van der Waals surface area contributed by atoms with E-state index >= 15 is 0 Å². The molecule has 31 heavy (non-hydrogen) atoms. The van der Waals surface area contributed by atoms with E-state index in [1.54, 1.807) is 0 Å². The summed E-state index contributed by atoms with van der Waals surface area (Å²) < 4.78 is 1.99. The van der Waals surface area contributed by atoms with Gasteiger partial charge in [0, 0.05) is 32.7 Å². The highest BCUT2D eigenvalue weighted by molar-refractivity contribution is 14.0. The Morgan fingerprint density at radius 1 is 1.13 bits per heavy atom. The Morgan fingerprint density at radius 2 is 1.81 bits per heavy atom. The number of piperidine rings is 1. The average molecular weight is 540 g/mol. The Balaban J connectivity index is 0.00000341. The molecule has 8 heteroatoms. The van der Waals surface area contributed by atoms with Crippen LogP contribution in [0, 0.1) is 12.8 Å². The number of likely N-dealkylation sites (tertiary alicyclic amines) is 1. The van der Waals surface area contributed by atoms with Crippen LogP contribution in [0.1, 0.15) is 56.9 Å². The molecule has 0 amide bonds. The Morgan fingerprint density at radius 3 is 2.39 bits per heavy atom. The smallest absolute Gasteiger partial charge is 0.192 e. The lowest BCUT2D eigenvalue weighted by atomic mass is 10.0. The number of aryl methyl sites for hydroxylation is 1. The topological polar surface area (TPSA) is 70.4 Å². The minimum Gasteiger partial charge on any atom is -0.354 e. The van der Waals surface area contributed by atoms with Gasteiger partial charge in [-0.3, -0.25) is 0 Å². The van der Waals surface area contributed by atoms with Crippen molar-refractivity contribution in [2.75, 3.05) is 19.6 Å². The fourth-order valence-corrected chi connectivity index (χ4v) is 3.87. The van der Waals surface area contributed by atoms with Crippen LogP contribution in [-0.4, -0.2) is 51.3 Å². The maximum Gasteiger partial charge on any atom is 0.192 e. The first-order valence-corrected chi connectivity index (χ1v) is 11.1. The average Bonchev–Trinajstić information content (AvgIpc) is 3.05. The third kappa shape index (κ3) is 7.75. The van der Waals surface area contributed by atoms with Crippen LogP contribution in [0.5, 0.6) is 0 Å². The monoisotopic (exact) mass is 539 g/mol. The number of aliphatic imine (C=N–C) groups is 1. The van der Waals surface area contributed by atoms with Crippen molar-refractivity contribution in [2.45, 2.75) is 59.2 Å². The van der Waals surface area contributed by atoms with Crippen molar-refractivity contribution in [3.63, 3.8) is 0 Å². The number of benzene rings is 1. The van der Waals surface area contributed by atoms with Gasteiger partial charge in [0.1, 0.15) is 12.4 Å². The van der Waals surface area contributed by atoms with E-state index in [0.717, 1.165) is 49.5 Å². The molecule has 0 saturated carbocycles. The lowest BCUT2D eigenvalue weighted by Gasteiger charge is -2.34. The van der Waals surface area contributed by atoms with E-state index in [2.05, 4.69) is 70.8 Å². The van der Waals surface area contributed by atoms with E-state index in [-0.39, 0.29) is 30.0 Å². The predicted octanol–water partition coefficient (Wildman–Crippen LogP) is 3.66. The number of nitrogens with one attached hydrogen (secondary N) is 2. The first-order valence-electron chi connectivity index (χ1n) is 11.1. The summed E-state index contributed by atoms with van der Waals surface area (Å²) in [7, 11) is 1.98. The highest BCUT2D eigenvalue weighted by Gasteiger charge is 2.21. The molecule has 2 N–H and O–H groups in total. The summed E-state index contributed by atoms with van der Waals surface area (Å²) in [4.78, 5) is 7.42. The van der Waals surface area contributed by atoms with Crippen molar-refractivity contribution in [1.82, 2.24) is 30.3 Å². The summed E-state index contributed by atoms with van der Waals surface area (Å²) in [6.07, 6.45) is 2.27. The van der Waals surface area contributed by atoms with Crippen LogP contribution in [0.4, 0.5) is 0 Å².